The minimum absolute atomic E-state index is 0.113. The maximum Gasteiger partial charge on any atom is 0.416 e. The van der Waals surface area contributed by atoms with E-state index in [4.69, 9.17) is 5.11 Å². The number of aryl methyl sites for hydroxylation is 1. The second-order valence-electron chi connectivity index (χ2n) is 8.98. The van der Waals surface area contributed by atoms with E-state index in [0.29, 0.717) is 23.2 Å². The molecule has 2 aromatic heterocycles. The average Bonchev–Trinajstić information content (AvgIpc) is 3.08. The third-order valence-electron chi connectivity index (χ3n) is 4.78. The predicted molar refractivity (Wildman–Crippen MR) is 139 cm³/mol. The van der Waals surface area contributed by atoms with E-state index in [2.05, 4.69) is 25.5 Å². The summed E-state index contributed by atoms with van der Waals surface area (Å²) in [6, 6.07) is 2.16. The Balaban J connectivity index is 0.000000806. The highest BCUT2D eigenvalue weighted by Crippen LogP contribution is 2.32. The summed E-state index contributed by atoms with van der Waals surface area (Å²) in [6.07, 6.45) is 5.37. The molecule has 196 valence electrons. The van der Waals surface area contributed by atoms with Crippen LogP contribution in [0.3, 0.4) is 0 Å². The Morgan fingerprint density at radius 2 is 1.71 bits per heavy atom. The molecule has 35 heavy (non-hydrogen) atoms. The van der Waals surface area contributed by atoms with Gasteiger partial charge in [-0.1, -0.05) is 64.5 Å². The minimum Gasteiger partial charge on any atom is -0.390 e. The number of nitrogens with zero attached hydrogens (tertiary/aromatic N) is 2. The van der Waals surface area contributed by atoms with Crippen molar-refractivity contribution in [1.29, 1.82) is 0 Å². The number of carbonyl (C=O) groups is 1. The summed E-state index contributed by atoms with van der Waals surface area (Å²) in [7, 11) is 0. The molecule has 4 nitrogen and oxygen atoms in total. The van der Waals surface area contributed by atoms with E-state index < -0.39 is 17.3 Å². The molecule has 0 aliphatic carbocycles. The summed E-state index contributed by atoms with van der Waals surface area (Å²) in [5, 5.41) is 13.4. The van der Waals surface area contributed by atoms with Gasteiger partial charge in [0.1, 0.15) is 5.78 Å². The van der Waals surface area contributed by atoms with Crippen molar-refractivity contribution in [3.05, 3.63) is 65.5 Å². The predicted octanol–water partition coefficient (Wildman–Crippen LogP) is 8.13. The zero-order valence-electron chi connectivity index (χ0n) is 22.4. The summed E-state index contributed by atoms with van der Waals surface area (Å²) in [6.45, 7) is 18.9. The van der Waals surface area contributed by atoms with Crippen LogP contribution in [0.25, 0.3) is 11.1 Å². The molecule has 7 heteroatoms. The summed E-state index contributed by atoms with van der Waals surface area (Å²) < 4.78 is 40.4. The topological polar surface area (TPSA) is 54.6 Å². The van der Waals surface area contributed by atoms with E-state index >= 15 is 0 Å². The van der Waals surface area contributed by atoms with Gasteiger partial charge in [-0.15, -0.1) is 0 Å². The Labute approximate surface area is 208 Å². The number of fused-ring (bicyclic) bond motifs is 1. The zero-order valence-corrected chi connectivity index (χ0v) is 22.4. The van der Waals surface area contributed by atoms with E-state index in [0.717, 1.165) is 24.1 Å². The van der Waals surface area contributed by atoms with Crippen LogP contribution in [0.15, 0.2) is 48.7 Å². The third kappa shape index (κ3) is 11.5. The Kier molecular flexibility index (Phi) is 13.5. The van der Waals surface area contributed by atoms with Crippen LogP contribution in [0, 0.1) is 6.92 Å². The average molecular weight is 495 g/mol. The molecule has 0 aliphatic heterocycles. The molecule has 0 amide bonds. The third-order valence-corrected chi connectivity index (χ3v) is 4.78. The van der Waals surface area contributed by atoms with Crippen molar-refractivity contribution < 1.29 is 23.1 Å². The standard InChI is InChI=1S/C18H19F3N2.C7H14O2.C3H8/c1-5-12(3)7-8-14(6-2)17-13(4)22-23-10-9-15(11-16(17)23)18(19,20)21;1-4-6(8)5-7(2,3)9;1-3-2/h6-11H,2,5H2,1,3-4H3;9H,4-5H2,1-3H3;3H2,1-2H3/b12-7+,14-8+;;. The van der Waals surface area contributed by atoms with Gasteiger partial charge in [-0.25, -0.2) is 4.52 Å². The van der Waals surface area contributed by atoms with E-state index in [1.54, 1.807) is 33.8 Å². The Hall–Kier alpha value is -2.67. The normalized spacial score (nSPS) is 12.5. The Bertz CT molecular complexity index is 1020. The highest BCUT2D eigenvalue weighted by atomic mass is 19.4. The number of hydrogen-bond donors (Lipinski definition) is 1. The van der Waals surface area contributed by atoms with Gasteiger partial charge in [0.15, 0.2) is 0 Å². The highest BCUT2D eigenvalue weighted by molar-refractivity contribution is 5.86. The fourth-order valence-corrected chi connectivity index (χ4v) is 2.91. The molecule has 2 aromatic rings. The van der Waals surface area contributed by atoms with Crippen molar-refractivity contribution in [2.75, 3.05) is 0 Å². The lowest BCUT2D eigenvalue weighted by molar-refractivity contribution is -0.137. The molecule has 0 saturated carbocycles. The van der Waals surface area contributed by atoms with Crippen LogP contribution in [-0.2, 0) is 11.0 Å². The van der Waals surface area contributed by atoms with Gasteiger partial charge in [0.2, 0.25) is 0 Å². The first-order valence-electron chi connectivity index (χ1n) is 11.9. The quantitative estimate of drug-likeness (QED) is 0.395. The van der Waals surface area contributed by atoms with Gasteiger partial charge in [-0.2, -0.15) is 18.3 Å². The van der Waals surface area contributed by atoms with Crippen LogP contribution in [0.5, 0.6) is 0 Å². The summed E-state index contributed by atoms with van der Waals surface area (Å²) >= 11 is 0. The zero-order chi connectivity index (χ0) is 27.4. The molecule has 1 N–H and O–H groups in total. The SMILES string of the molecule is C=C/C(=C\C=C(/C)CC)c1c(C)nn2ccc(C(F)(F)F)cc12.CCC.CCC(=O)CC(C)(C)O. The summed E-state index contributed by atoms with van der Waals surface area (Å²) in [5.74, 6) is 0.113. The molecule has 0 aromatic carbocycles. The molecule has 0 unspecified atom stereocenters. The van der Waals surface area contributed by atoms with Crippen LogP contribution in [0.1, 0.15) is 91.0 Å². The maximum absolute atomic E-state index is 13.0. The number of pyridine rings is 1. The smallest absolute Gasteiger partial charge is 0.390 e. The summed E-state index contributed by atoms with van der Waals surface area (Å²) in [5.41, 5.74) is 2.18. The van der Waals surface area contributed by atoms with Crippen LogP contribution >= 0.6 is 0 Å². The van der Waals surface area contributed by atoms with Crippen LogP contribution in [-0.4, -0.2) is 26.1 Å². The minimum atomic E-state index is -4.38. The van der Waals surface area contributed by atoms with Crippen molar-refractivity contribution in [2.45, 2.75) is 92.9 Å². The number of Topliss-reactive ketones (excluding diaryl/α,β-unsaturated/α-hetero) is 1. The monoisotopic (exact) mass is 494 g/mol. The molecule has 2 heterocycles. The highest BCUT2D eigenvalue weighted by Gasteiger charge is 2.31. The Morgan fingerprint density at radius 1 is 1.14 bits per heavy atom. The maximum atomic E-state index is 13.0. The van der Waals surface area contributed by atoms with Crippen LogP contribution < -0.4 is 0 Å². The number of aromatic nitrogens is 2. The number of halogens is 3. The van der Waals surface area contributed by atoms with E-state index in [9.17, 15) is 18.0 Å². The van der Waals surface area contributed by atoms with E-state index in [-0.39, 0.29) is 12.2 Å². The van der Waals surface area contributed by atoms with E-state index in [1.165, 1.54) is 22.7 Å². The van der Waals surface area contributed by atoms with Crippen molar-refractivity contribution in [3.8, 4) is 0 Å². The second kappa shape index (κ2) is 14.7. The molecule has 0 spiro atoms. The van der Waals surface area contributed by atoms with Gasteiger partial charge in [-0.3, -0.25) is 4.79 Å². The van der Waals surface area contributed by atoms with Crippen LogP contribution in [0.2, 0.25) is 0 Å². The van der Waals surface area contributed by atoms with Crippen molar-refractivity contribution in [3.63, 3.8) is 0 Å². The molecule has 0 fully saturated rings. The van der Waals surface area contributed by atoms with Crippen molar-refractivity contribution in [1.82, 2.24) is 9.61 Å². The number of carbonyl (C=O) groups excluding carboxylic acids is 1. The number of aliphatic hydroxyl groups is 1. The molecule has 0 bridgehead atoms. The second-order valence-corrected chi connectivity index (χ2v) is 8.98. The van der Waals surface area contributed by atoms with Gasteiger partial charge in [0, 0.05) is 24.6 Å². The van der Waals surface area contributed by atoms with Crippen molar-refractivity contribution in [2.24, 2.45) is 0 Å². The molecular weight excluding hydrogens is 453 g/mol. The van der Waals surface area contributed by atoms with Gasteiger partial charge in [0.25, 0.3) is 0 Å². The van der Waals surface area contributed by atoms with E-state index in [1.807, 2.05) is 26.0 Å². The fourth-order valence-electron chi connectivity index (χ4n) is 2.91. The largest absolute Gasteiger partial charge is 0.416 e. The molecular formula is C28H41F3N2O2. The van der Waals surface area contributed by atoms with Crippen LogP contribution in [0.4, 0.5) is 13.2 Å². The van der Waals surface area contributed by atoms with Gasteiger partial charge in [-0.05, 0) is 51.8 Å². The number of allylic oxidation sites excluding steroid dienone is 5. The Morgan fingerprint density at radius 3 is 2.11 bits per heavy atom. The van der Waals surface area contributed by atoms with Gasteiger partial charge >= 0.3 is 6.18 Å². The molecule has 2 rings (SSSR count). The van der Waals surface area contributed by atoms with Gasteiger partial charge in [0.05, 0.1) is 22.4 Å². The lowest BCUT2D eigenvalue weighted by atomic mass is 10.0. The number of ketones is 1. The first-order chi connectivity index (χ1) is 16.1. The fraction of sp³-hybridized carbons (Fsp3) is 0.500. The first-order valence-corrected chi connectivity index (χ1v) is 11.9. The molecule has 0 aliphatic rings. The number of hydrogen-bond acceptors (Lipinski definition) is 3. The molecule has 0 radical (unpaired) electrons. The van der Waals surface area contributed by atoms with Crippen molar-refractivity contribution >= 4 is 16.9 Å². The molecule has 0 atom stereocenters. The number of rotatable bonds is 7. The number of alkyl halides is 3. The molecule has 0 saturated heterocycles. The lowest BCUT2D eigenvalue weighted by Crippen LogP contribution is -2.22. The van der Waals surface area contributed by atoms with Gasteiger partial charge < -0.3 is 5.11 Å². The summed E-state index contributed by atoms with van der Waals surface area (Å²) in [4.78, 5) is 10.7. The lowest BCUT2D eigenvalue weighted by Gasteiger charge is -2.14. The first kappa shape index (κ1) is 32.3.